The lowest BCUT2D eigenvalue weighted by molar-refractivity contribution is 0.589. The second-order valence-corrected chi connectivity index (χ2v) is 3.13. The molecule has 1 aromatic rings. The summed E-state index contributed by atoms with van der Waals surface area (Å²) in [6.45, 7) is 6.00. The molecule has 0 aromatic carbocycles. The summed E-state index contributed by atoms with van der Waals surface area (Å²) in [5, 5.41) is 8.13. The highest BCUT2D eigenvalue weighted by Gasteiger charge is 2.09. The van der Waals surface area contributed by atoms with E-state index in [0.717, 1.165) is 23.4 Å². The molecule has 1 aromatic heterocycles. The summed E-state index contributed by atoms with van der Waals surface area (Å²) >= 11 is 0. The molecule has 1 rings (SSSR count). The predicted octanol–water partition coefficient (Wildman–Crippen LogP) is 0.872. The minimum Gasteiger partial charge on any atom is -0.271 e. The van der Waals surface area contributed by atoms with Gasteiger partial charge in [-0.15, -0.1) is 0 Å². The summed E-state index contributed by atoms with van der Waals surface area (Å²) in [7, 11) is 0. The largest absolute Gasteiger partial charge is 0.271 e. The molecule has 0 aliphatic rings. The van der Waals surface area contributed by atoms with E-state index < -0.39 is 0 Å². The number of hydrogen-bond acceptors (Lipinski definition) is 4. The van der Waals surface area contributed by atoms with E-state index >= 15 is 0 Å². The van der Waals surface area contributed by atoms with Crippen molar-refractivity contribution in [1.82, 2.24) is 15.6 Å². The molecular weight excluding hydrogens is 164 g/mol. The second-order valence-electron chi connectivity index (χ2n) is 3.13. The molecule has 0 radical (unpaired) electrons. The van der Waals surface area contributed by atoms with Gasteiger partial charge in [-0.3, -0.25) is 11.3 Å². The van der Waals surface area contributed by atoms with Crippen LogP contribution in [0.3, 0.4) is 0 Å². The molecule has 0 spiro atoms. The number of hydrazine groups is 1. The third-order valence-corrected chi connectivity index (χ3v) is 2.08. The normalized spacial score (nSPS) is 12.9. The number of hydrogen-bond donors (Lipinski definition) is 2. The average Bonchev–Trinajstić information content (AvgIpc) is 2.16. The molecule has 0 amide bonds. The van der Waals surface area contributed by atoms with Crippen molar-refractivity contribution in [3.63, 3.8) is 0 Å². The Hall–Kier alpha value is -1.00. The molecule has 0 saturated carbocycles. The average molecular weight is 180 g/mol. The zero-order chi connectivity index (χ0) is 9.84. The van der Waals surface area contributed by atoms with E-state index in [4.69, 9.17) is 5.84 Å². The maximum atomic E-state index is 5.38. The Morgan fingerprint density at radius 3 is 2.77 bits per heavy atom. The maximum Gasteiger partial charge on any atom is 0.0676 e. The number of nitrogens with one attached hydrogen (secondary N) is 1. The Balaban J connectivity index is 3.07. The van der Waals surface area contributed by atoms with Gasteiger partial charge in [0.25, 0.3) is 0 Å². The third-order valence-electron chi connectivity index (χ3n) is 2.08. The molecule has 3 N–H and O–H groups in total. The topological polar surface area (TPSA) is 63.8 Å². The molecule has 13 heavy (non-hydrogen) atoms. The van der Waals surface area contributed by atoms with E-state index in [9.17, 15) is 0 Å². The Bertz CT molecular complexity index is 285. The molecule has 1 unspecified atom stereocenters. The molecule has 1 heterocycles. The van der Waals surface area contributed by atoms with Crippen LogP contribution in [0.25, 0.3) is 0 Å². The second kappa shape index (κ2) is 4.30. The highest BCUT2D eigenvalue weighted by Crippen LogP contribution is 2.15. The van der Waals surface area contributed by atoms with Gasteiger partial charge >= 0.3 is 0 Å². The quantitative estimate of drug-likeness (QED) is 0.535. The first-order valence-corrected chi connectivity index (χ1v) is 4.48. The van der Waals surface area contributed by atoms with Gasteiger partial charge < -0.3 is 0 Å². The van der Waals surface area contributed by atoms with Gasteiger partial charge in [-0.2, -0.15) is 10.2 Å². The van der Waals surface area contributed by atoms with Gasteiger partial charge in [0, 0.05) is 6.04 Å². The molecule has 4 nitrogen and oxygen atoms in total. The van der Waals surface area contributed by atoms with E-state index in [-0.39, 0.29) is 6.04 Å². The van der Waals surface area contributed by atoms with Crippen molar-refractivity contribution < 1.29 is 0 Å². The van der Waals surface area contributed by atoms with Gasteiger partial charge in [0.05, 0.1) is 11.4 Å². The van der Waals surface area contributed by atoms with Gasteiger partial charge in [0.1, 0.15) is 0 Å². The maximum absolute atomic E-state index is 5.38. The Labute approximate surface area is 78.5 Å². The van der Waals surface area contributed by atoms with Crippen molar-refractivity contribution in [1.29, 1.82) is 0 Å². The van der Waals surface area contributed by atoms with Crippen molar-refractivity contribution in [2.45, 2.75) is 33.2 Å². The molecule has 0 bridgehead atoms. The summed E-state index contributed by atoms with van der Waals surface area (Å²) in [6, 6.07) is 2.15. The highest BCUT2D eigenvalue weighted by atomic mass is 15.2. The van der Waals surface area contributed by atoms with Crippen molar-refractivity contribution >= 4 is 0 Å². The third kappa shape index (κ3) is 2.23. The number of aromatic nitrogens is 2. The molecule has 0 fully saturated rings. The van der Waals surface area contributed by atoms with E-state index in [2.05, 4.69) is 22.5 Å². The summed E-state index contributed by atoms with van der Waals surface area (Å²) in [5.41, 5.74) is 5.79. The zero-order valence-corrected chi connectivity index (χ0v) is 8.33. The Morgan fingerprint density at radius 1 is 1.54 bits per heavy atom. The van der Waals surface area contributed by atoms with Crippen LogP contribution in [-0.2, 0) is 6.42 Å². The van der Waals surface area contributed by atoms with E-state index in [1.807, 2.05) is 19.9 Å². The first-order valence-electron chi connectivity index (χ1n) is 4.48. The van der Waals surface area contributed by atoms with E-state index in [1.165, 1.54) is 0 Å². The van der Waals surface area contributed by atoms with Gasteiger partial charge in [-0.25, -0.2) is 0 Å². The lowest BCUT2D eigenvalue weighted by atomic mass is 10.1. The number of rotatable bonds is 3. The fourth-order valence-corrected chi connectivity index (χ4v) is 1.27. The molecule has 1 atom stereocenters. The van der Waals surface area contributed by atoms with Gasteiger partial charge in [0.2, 0.25) is 0 Å². The number of nitrogens with two attached hydrogens (primary N) is 1. The van der Waals surface area contributed by atoms with Crippen LogP contribution in [0.2, 0.25) is 0 Å². The van der Waals surface area contributed by atoms with Crippen LogP contribution in [0.5, 0.6) is 0 Å². The monoisotopic (exact) mass is 180 g/mol. The van der Waals surface area contributed by atoms with Gasteiger partial charge in [0.15, 0.2) is 0 Å². The van der Waals surface area contributed by atoms with Crippen molar-refractivity contribution in [3.05, 3.63) is 23.0 Å². The molecule has 72 valence electrons. The van der Waals surface area contributed by atoms with Crippen LogP contribution in [-0.4, -0.2) is 10.2 Å². The summed E-state index contributed by atoms with van der Waals surface area (Å²) < 4.78 is 0. The summed E-state index contributed by atoms with van der Waals surface area (Å²) in [5.74, 6) is 5.38. The standard InChI is InChI=1S/C9H16N4/c1-4-9-8(7(3)11-10)5-6(2)12-13-9/h5,7,11H,4,10H2,1-3H3. The molecular formula is C9H16N4. The van der Waals surface area contributed by atoms with Crippen molar-refractivity contribution in [2.75, 3.05) is 0 Å². The first kappa shape index (κ1) is 10.1. The van der Waals surface area contributed by atoms with E-state index in [0.29, 0.717) is 0 Å². The smallest absolute Gasteiger partial charge is 0.0676 e. The Morgan fingerprint density at radius 2 is 2.23 bits per heavy atom. The SMILES string of the molecule is CCc1nnc(C)cc1C(C)NN. The lowest BCUT2D eigenvalue weighted by Crippen LogP contribution is -2.27. The summed E-state index contributed by atoms with van der Waals surface area (Å²) in [4.78, 5) is 0. The minimum absolute atomic E-state index is 0.129. The lowest BCUT2D eigenvalue weighted by Gasteiger charge is -2.13. The Kier molecular flexibility index (Phi) is 3.33. The minimum atomic E-state index is 0.129. The number of nitrogens with zero attached hydrogens (tertiary/aromatic N) is 2. The van der Waals surface area contributed by atoms with Crippen molar-refractivity contribution in [3.8, 4) is 0 Å². The molecule has 0 aliphatic heterocycles. The zero-order valence-electron chi connectivity index (χ0n) is 8.33. The van der Waals surface area contributed by atoms with Crippen LogP contribution >= 0.6 is 0 Å². The van der Waals surface area contributed by atoms with E-state index in [1.54, 1.807) is 0 Å². The molecule has 4 heteroatoms. The van der Waals surface area contributed by atoms with Crippen LogP contribution in [0.1, 0.15) is 36.8 Å². The van der Waals surface area contributed by atoms with Gasteiger partial charge in [-0.1, -0.05) is 6.92 Å². The van der Waals surface area contributed by atoms with Crippen LogP contribution in [0, 0.1) is 6.92 Å². The van der Waals surface area contributed by atoms with Crippen LogP contribution in [0.4, 0.5) is 0 Å². The summed E-state index contributed by atoms with van der Waals surface area (Å²) in [6.07, 6.45) is 0.884. The van der Waals surface area contributed by atoms with Crippen LogP contribution < -0.4 is 11.3 Å². The van der Waals surface area contributed by atoms with Gasteiger partial charge in [-0.05, 0) is 31.9 Å². The van der Waals surface area contributed by atoms with Crippen LogP contribution in [0.15, 0.2) is 6.07 Å². The molecule has 0 aliphatic carbocycles. The fraction of sp³-hybridized carbons (Fsp3) is 0.556. The molecule has 0 saturated heterocycles. The number of aryl methyl sites for hydroxylation is 2. The van der Waals surface area contributed by atoms with Crippen molar-refractivity contribution in [2.24, 2.45) is 5.84 Å². The fourth-order valence-electron chi connectivity index (χ4n) is 1.27. The first-order chi connectivity index (χ1) is 6.19. The highest BCUT2D eigenvalue weighted by molar-refractivity contribution is 5.23. The predicted molar refractivity (Wildman–Crippen MR) is 51.9 cm³/mol.